The SMILES string of the molecule is Cc1ccc(C(=O)C[C@](NS(=O)C(C)(C)C)(c2ccc(OCCCCCC(F)(F)F)cc2)C(F)(F)F)cc1. The Balaban J connectivity index is 2.31. The normalized spacial score (nSPS) is 15.1. The summed E-state index contributed by atoms with van der Waals surface area (Å²) in [6.45, 7) is 6.44. The molecule has 1 unspecified atom stereocenters. The molecule has 0 saturated heterocycles. The smallest absolute Gasteiger partial charge is 0.412 e. The number of nitrogens with one attached hydrogen (secondary N) is 1. The average Bonchev–Trinajstić information content (AvgIpc) is 2.79. The molecule has 2 aromatic rings. The molecule has 2 rings (SSSR count). The first-order valence-corrected chi connectivity index (χ1v) is 13.3. The van der Waals surface area contributed by atoms with Crippen molar-refractivity contribution in [3.05, 3.63) is 65.2 Å². The zero-order valence-electron chi connectivity index (χ0n) is 21.8. The van der Waals surface area contributed by atoms with Crippen molar-refractivity contribution in [1.29, 1.82) is 0 Å². The van der Waals surface area contributed by atoms with Crippen molar-refractivity contribution in [3.63, 3.8) is 0 Å². The zero-order chi connectivity index (χ0) is 28.8. The molecule has 11 heteroatoms. The van der Waals surface area contributed by atoms with Crippen LogP contribution in [-0.2, 0) is 16.5 Å². The van der Waals surface area contributed by atoms with Crippen LogP contribution in [0.25, 0.3) is 0 Å². The first kappa shape index (κ1) is 31.8. The largest absolute Gasteiger partial charge is 0.494 e. The first-order valence-electron chi connectivity index (χ1n) is 12.1. The van der Waals surface area contributed by atoms with Crippen LogP contribution < -0.4 is 9.46 Å². The monoisotopic (exact) mass is 565 g/mol. The summed E-state index contributed by atoms with van der Waals surface area (Å²) in [6, 6.07) is 11.0. The van der Waals surface area contributed by atoms with Crippen molar-refractivity contribution >= 4 is 16.8 Å². The number of hydrogen-bond donors (Lipinski definition) is 1. The van der Waals surface area contributed by atoms with E-state index in [1.165, 1.54) is 45.0 Å². The molecular formula is C27H33F6NO3S. The molecule has 0 aliphatic carbocycles. The molecule has 0 radical (unpaired) electrons. The molecule has 0 saturated carbocycles. The maximum absolute atomic E-state index is 14.8. The van der Waals surface area contributed by atoms with Gasteiger partial charge in [0.05, 0.1) is 22.3 Å². The minimum atomic E-state index is -5.00. The summed E-state index contributed by atoms with van der Waals surface area (Å²) in [5.74, 6) is -0.553. The van der Waals surface area contributed by atoms with Crippen molar-refractivity contribution in [1.82, 2.24) is 4.72 Å². The number of carbonyl (C=O) groups excluding carboxylic acids is 1. The van der Waals surface area contributed by atoms with Crippen LogP contribution >= 0.6 is 0 Å². The lowest BCUT2D eigenvalue weighted by Crippen LogP contribution is -2.58. The number of carbonyl (C=O) groups is 1. The Morgan fingerprint density at radius 3 is 1.95 bits per heavy atom. The Kier molecular flexibility index (Phi) is 10.6. The highest BCUT2D eigenvalue weighted by Crippen LogP contribution is 2.44. The summed E-state index contributed by atoms with van der Waals surface area (Å²) >= 11 is 0. The Bertz CT molecular complexity index is 1080. The third kappa shape index (κ3) is 9.11. The van der Waals surface area contributed by atoms with Gasteiger partial charge < -0.3 is 4.74 Å². The zero-order valence-corrected chi connectivity index (χ0v) is 22.6. The Labute approximate surface area is 221 Å². The second-order valence-corrected chi connectivity index (χ2v) is 12.1. The van der Waals surface area contributed by atoms with Gasteiger partial charge >= 0.3 is 12.4 Å². The van der Waals surface area contributed by atoms with E-state index in [4.69, 9.17) is 4.74 Å². The lowest BCUT2D eigenvalue weighted by molar-refractivity contribution is -0.193. The fourth-order valence-electron chi connectivity index (χ4n) is 3.54. The Morgan fingerprint density at radius 2 is 1.45 bits per heavy atom. The van der Waals surface area contributed by atoms with E-state index in [9.17, 15) is 35.3 Å². The molecule has 0 fully saturated rings. The molecule has 1 N–H and O–H groups in total. The number of Topliss-reactive ketones (excluding diaryl/α,β-unsaturated/α-hetero) is 1. The Morgan fingerprint density at radius 1 is 0.868 bits per heavy atom. The van der Waals surface area contributed by atoms with Crippen molar-refractivity contribution in [3.8, 4) is 5.75 Å². The summed E-state index contributed by atoms with van der Waals surface area (Å²) in [5.41, 5.74) is -2.34. The van der Waals surface area contributed by atoms with Crippen molar-refractivity contribution in [2.75, 3.05) is 6.61 Å². The van der Waals surface area contributed by atoms with Gasteiger partial charge in [0, 0.05) is 18.4 Å². The average molecular weight is 566 g/mol. The van der Waals surface area contributed by atoms with Gasteiger partial charge in [0.15, 0.2) is 11.3 Å². The third-order valence-corrected chi connectivity index (χ3v) is 7.47. The highest BCUT2D eigenvalue weighted by Gasteiger charge is 2.58. The van der Waals surface area contributed by atoms with Crippen LogP contribution in [0.3, 0.4) is 0 Å². The minimum Gasteiger partial charge on any atom is -0.494 e. The second kappa shape index (κ2) is 12.6. The molecule has 0 bridgehead atoms. The molecule has 0 amide bonds. The van der Waals surface area contributed by atoms with Gasteiger partial charge in [-0.2, -0.15) is 26.3 Å². The van der Waals surface area contributed by atoms with E-state index in [1.807, 2.05) is 0 Å². The molecule has 212 valence electrons. The number of aryl methyl sites for hydroxylation is 1. The van der Waals surface area contributed by atoms with Gasteiger partial charge in [-0.25, -0.2) is 8.93 Å². The molecule has 0 aliphatic rings. The molecule has 0 aromatic heterocycles. The molecule has 2 atom stereocenters. The van der Waals surface area contributed by atoms with E-state index in [1.54, 1.807) is 19.1 Å². The highest BCUT2D eigenvalue weighted by atomic mass is 32.2. The topological polar surface area (TPSA) is 55.4 Å². The summed E-state index contributed by atoms with van der Waals surface area (Å²) in [7, 11) is -2.18. The number of unbranched alkanes of at least 4 members (excludes halogenated alkanes) is 2. The number of halogens is 6. The van der Waals surface area contributed by atoms with E-state index in [-0.39, 0.29) is 29.9 Å². The van der Waals surface area contributed by atoms with Crippen LogP contribution in [0.4, 0.5) is 26.3 Å². The molecule has 0 aliphatic heterocycles. The Hall–Kier alpha value is -2.40. The van der Waals surface area contributed by atoms with E-state index >= 15 is 0 Å². The lowest BCUT2D eigenvalue weighted by Gasteiger charge is -2.38. The van der Waals surface area contributed by atoms with Gasteiger partial charge in [-0.05, 0) is 64.7 Å². The number of ketones is 1. The fraction of sp³-hybridized carbons (Fsp3) is 0.519. The lowest BCUT2D eigenvalue weighted by atomic mass is 9.83. The maximum Gasteiger partial charge on any atom is 0.412 e. The standard InChI is InChI=1S/C27H33F6NO3S/c1-19-8-10-20(11-9-19)23(35)18-25(27(31,32)33,34-38(36)24(2,3)4)21-12-14-22(15-13-21)37-17-7-5-6-16-26(28,29)30/h8-15,34H,5-7,16-18H2,1-4H3/t25-,38?/m0/s1. The van der Waals surface area contributed by atoms with Gasteiger partial charge in [0.25, 0.3) is 0 Å². The quantitative estimate of drug-likeness (QED) is 0.164. The number of benzene rings is 2. The predicted octanol–water partition coefficient (Wildman–Crippen LogP) is 7.58. The van der Waals surface area contributed by atoms with Crippen LogP contribution in [-0.4, -0.2) is 33.7 Å². The van der Waals surface area contributed by atoms with Crippen LogP contribution in [0.15, 0.2) is 48.5 Å². The second-order valence-electron chi connectivity index (χ2n) is 10.2. The van der Waals surface area contributed by atoms with Crippen LogP contribution in [0.5, 0.6) is 5.75 Å². The molecule has 2 aromatic carbocycles. The van der Waals surface area contributed by atoms with Crippen LogP contribution in [0.1, 0.15) is 74.4 Å². The summed E-state index contributed by atoms with van der Waals surface area (Å²) in [6.07, 6.45) is -10.5. The minimum absolute atomic E-state index is 0.0362. The molecule has 0 heterocycles. The van der Waals surface area contributed by atoms with Crippen molar-refractivity contribution in [2.45, 2.75) is 82.4 Å². The fourth-order valence-corrected chi connectivity index (χ4v) is 4.47. The van der Waals surface area contributed by atoms with Gasteiger partial charge in [-0.1, -0.05) is 42.0 Å². The predicted molar refractivity (Wildman–Crippen MR) is 135 cm³/mol. The maximum atomic E-state index is 14.8. The van der Waals surface area contributed by atoms with Crippen LogP contribution in [0, 0.1) is 6.92 Å². The van der Waals surface area contributed by atoms with Crippen molar-refractivity contribution < 1.29 is 40.1 Å². The van der Waals surface area contributed by atoms with E-state index in [0.29, 0.717) is 12.8 Å². The first-order chi connectivity index (χ1) is 17.4. The molecule has 0 spiro atoms. The summed E-state index contributed by atoms with van der Waals surface area (Å²) in [5, 5.41) is 0. The van der Waals surface area contributed by atoms with Gasteiger partial charge in [0.2, 0.25) is 0 Å². The molecule has 4 nitrogen and oxygen atoms in total. The van der Waals surface area contributed by atoms with Gasteiger partial charge in [0.1, 0.15) is 5.75 Å². The van der Waals surface area contributed by atoms with E-state index in [0.717, 1.165) is 17.7 Å². The van der Waals surface area contributed by atoms with Crippen molar-refractivity contribution in [2.24, 2.45) is 0 Å². The van der Waals surface area contributed by atoms with E-state index < -0.39 is 52.2 Å². The molecule has 38 heavy (non-hydrogen) atoms. The highest BCUT2D eigenvalue weighted by molar-refractivity contribution is 7.84. The molecular weight excluding hydrogens is 532 g/mol. The number of rotatable bonds is 12. The number of ether oxygens (including phenoxy) is 1. The number of alkyl halides is 6. The number of hydrogen-bond acceptors (Lipinski definition) is 3. The van der Waals surface area contributed by atoms with E-state index in [2.05, 4.69) is 4.72 Å². The van der Waals surface area contributed by atoms with Crippen LogP contribution in [0.2, 0.25) is 0 Å². The van der Waals surface area contributed by atoms with Gasteiger partial charge in [-0.3, -0.25) is 4.79 Å². The van der Waals surface area contributed by atoms with Gasteiger partial charge in [-0.15, -0.1) is 0 Å². The summed E-state index contributed by atoms with van der Waals surface area (Å²) < 4.78 is 101. The third-order valence-electron chi connectivity index (χ3n) is 5.83. The summed E-state index contributed by atoms with van der Waals surface area (Å²) in [4.78, 5) is 13.0.